The van der Waals surface area contributed by atoms with Crippen LogP contribution in [0.25, 0.3) is 0 Å². The molecule has 0 saturated carbocycles. The maximum atomic E-state index is 12.9. The third kappa shape index (κ3) is 4.40. The summed E-state index contributed by atoms with van der Waals surface area (Å²) >= 11 is 3.18. The molecule has 0 aliphatic carbocycles. The van der Waals surface area contributed by atoms with Gasteiger partial charge in [0.05, 0.1) is 0 Å². The maximum absolute atomic E-state index is 12.9. The van der Waals surface area contributed by atoms with Gasteiger partial charge in [-0.05, 0) is 23.8 Å². The standard InChI is InChI=1S/C10H12BrFN2O/c11-8-3-7(4-9(12)5-8)6-14-10(15)1-2-13/h3-5H,1-2,6,13H2,(H,14,15). The van der Waals surface area contributed by atoms with Crippen LogP contribution in [0.3, 0.4) is 0 Å². The van der Waals surface area contributed by atoms with Crippen molar-refractivity contribution in [2.24, 2.45) is 5.73 Å². The highest BCUT2D eigenvalue weighted by Gasteiger charge is 2.02. The molecular weight excluding hydrogens is 263 g/mol. The van der Waals surface area contributed by atoms with E-state index in [1.807, 2.05) is 0 Å². The molecule has 0 unspecified atom stereocenters. The second kappa shape index (κ2) is 5.82. The van der Waals surface area contributed by atoms with Crippen molar-refractivity contribution in [1.82, 2.24) is 5.32 Å². The van der Waals surface area contributed by atoms with E-state index in [1.54, 1.807) is 6.07 Å². The molecular formula is C10H12BrFN2O. The lowest BCUT2D eigenvalue weighted by molar-refractivity contribution is -0.121. The fraction of sp³-hybridized carbons (Fsp3) is 0.300. The topological polar surface area (TPSA) is 55.1 Å². The number of hydrogen-bond donors (Lipinski definition) is 2. The molecule has 0 spiro atoms. The van der Waals surface area contributed by atoms with E-state index in [2.05, 4.69) is 21.2 Å². The number of rotatable bonds is 4. The van der Waals surface area contributed by atoms with Crippen LogP contribution in [0, 0.1) is 5.82 Å². The quantitative estimate of drug-likeness (QED) is 0.876. The number of carbonyl (C=O) groups is 1. The first kappa shape index (κ1) is 12.1. The lowest BCUT2D eigenvalue weighted by atomic mass is 10.2. The van der Waals surface area contributed by atoms with E-state index >= 15 is 0 Å². The Labute approximate surface area is 96.0 Å². The molecule has 3 nitrogen and oxygen atoms in total. The normalized spacial score (nSPS) is 10.1. The van der Waals surface area contributed by atoms with Gasteiger partial charge in [0.2, 0.25) is 5.91 Å². The highest BCUT2D eigenvalue weighted by Crippen LogP contribution is 2.14. The summed E-state index contributed by atoms with van der Waals surface area (Å²) < 4.78 is 13.6. The first-order valence-electron chi connectivity index (χ1n) is 4.53. The number of nitrogens with one attached hydrogen (secondary N) is 1. The number of halogens is 2. The van der Waals surface area contributed by atoms with Crippen molar-refractivity contribution in [1.29, 1.82) is 0 Å². The molecule has 0 bridgehead atoms. The smallest absolute Gasteiger partial charge is 0.221 e. The molecule has 0 radical (unpaired) electrons. The number of benzene rings is 1. The van der Waals surface area contributed by atoms with E-state index < -0.39 is 0 Å². The molecule has 0 aromatic heterocycles. The van der Waals surface area contributed by atoms with E-state index in [0.717, 1.165) is 0 Å². The third-order valence-corrected chi connectivity index (χ3v) is 2.24. The Bertz CT molecular complexity index is 337. The van der Waals surface area contributed by atoms with Crippen molar-refractivity contribution in [2.75, 3.05) is 6.54 Å². The van der Waals surface area contributed by atoms with Gasteiger partial charge in [-0.25, -0.2) is 4.39 Å². The molecule has 0 heterocycles. The Morgan fingerprint density at radius 3 is 2.80 bits per heavy atom. The first-order chi connectivity index (χ1) is 7.11. The molecule has 1 aromatic carbocycles. The van der Waals surface area contributed by atoms with E-state index in [-0.39, 0.29) is 18.1 Å². The van der Waals surface area contributed by atoms with Crippen molar-refractivity contribution in [3.8, 4) is 0 Å². The van der Waals surface area contributed by atoms with Crippen molar-refractivity contribution >= 4 is 21.8 Å². The molecule has 0 saturated heterocycles. The highest BCUT2D eigenvalue weighted by atomic mass is 79.9. The molecule has 0 fully saturated rings. The Morgan fingerprint density at radius 2 is 2.20 bits per heavy atom. The molecule has 82 valence electrons. The van der Waals surface area contributed by atoms with Gasteiger partial charge >= 0.3 is 0 Å². The van der Waals surface area contributed by atoms with Gasteiger partial charge in [-0.15, -0.1) is 0 Å². The van der Waals surface area contributed by atoms with Crippen molar-refractivity contribution in [3.05, 3.63) is 34.1 Å². The van der Waals surface area contributed by atoms with Crippen LogP contribution in [0.4, 0.5) is 4.39 Å². The van der Waals surface area contributed by atoms with E-state index in [1.165, 1.54) is 12.1 Å². The van der Waals surface area contributed by atoms with Crippen molar-refractivity contribution in [2.45, 2.75) is 13.0 Å². The summed E-state index contributed by atoms with van der Waals surface area (Å²) in [6.07, 6.45) is 0.288. The summed E-state index contributed by atoms with van der Waals surface area (Å²) in [4.78, 5) is 11.1. The van der Waals surface area contributed by atoms with Gasteiger partial charge in [0.15, 0.2) is 0 Å². The zero-order chi connectivity index (χ0) is 11.3. The summed E-state index contributed by atoms with van der Waals surface area (Å²) in [6, 6.07) is 4.50. The Balaban J connectivity index is 2.54. The van der Waals surface area contributed by atoms with Crippen LogP contribution < -0.4 is 11.1 Å². The molecule has 1 amide bonds. The molecule has 0 aliphatic rings. The van der Waals surface area contributed by atoms with Crippen LogP contribution in [0.5, 0.6) is 0 Å². The number of amides is 1. The fourth-order valence-corrected chi connectivity index (χ4v) is 1.65. The number of nitrogens with two attached hydrogens (primary N) is 1. The zero-order valence-corrected chi connectivity index (χ0v) is 9.68. The third-order valence-electron chi connectivity index (χ3n) is 1.78. The average Bonchev–Trinajstić information content (AvgIpc) is 2.14. The van der Waals surface area contributed by atoms with E-state index in [9.17, 15) is 9.18 Å². The maximum Gasteiger partial charge on any atom is 0.221 e. The summed E-state index contributed by atoms with van der Waals surface area (Å²) in [5.74, 6) is -0.453. The second-order valence-electron chi connectivity index (χ2n) is 3.09. The van der Waals surface area contributed by atoms with Crippen molar-refractivity contribution in [3.63, 3.8) is 0 Å². The van der Waals surface area contributed by atoms with Crippen LogP contribution in [0.1, 0.15) is 12.0 Å². The monoisotopic (exact) mass is 274 g/mol. The molecule has 1 aromatic rings. The molecule has 0 aliphatic heterocycles. The molecule has 1 rings (SSSR count). The van der Waals surface area contributed by atoms with Crippen LogP contribution in [0.2, 0.25) is 0 Å². The largest absolute Gasteiger partial charge is 0.352 e. The Morgan fingerprint density at radius 1 is 1.47 bits per heavy atom. The fourth-order valence-electron chi connectivity index (χ4n) is 1.13. The van der Waals surface area contributed by atoms with Gasteiger partial charge in [-0.1, -0.05) is 15.9 Å². The van der Waals surface area contributed by atoms with Gasteiger partial charge in [-0.3, -0.25) is 4.79 Å². The predicted octanol–water partition coefficient (Wildman–Crippen LogP) is 1.55. The average molecular weight is 275 g/mol. The van der Waals surface area contributed by atoms with E-state index in [4.69, 9.17) is 5.73 Å². The summed E-state index contributed by atoms with van der Waals surface area (Å²) in [7, 11) is 0. The minimum atomic E-state index is -0.326. The van der Waals surface area contributed by atoms with Gasteiger partial charge in [0.25, 0.3) is 0 Å². The number of carbonyl (C=O) groups excluding carboxylic acids is 1. The van der Waals surface area contributed by atoms with Crippen LogP contribution in [-0.4, -0.2) is 12.5 Å². The lowest BCUT2D eigenvalue weighted by Gasteiger charge is -2.05. The summed E-state index contributed by atoms with van der Waals surface area (Å²) in [5.41, 5.74) is 5.93. The Kier molecular flexibility index (Phi) is 4.71. The van der Waals surface area contributed by atoms with Gasteiger partial charge in [-0.2, -0.15) is 0 Å². The lowest BCUT2D eigenvalue weighted by Crippen LogP contribution is -2.25. The summed E-state index contributed by atoms with van der Waals surface area (Å²) in [6.45, 7) is 0.633. The van der Waals surface area contributed by atoms with Crippen LogP contribution in [0.15, 0.2) is 22.7 Å². The minimum absolute atomic E-state index is 0.127. The molecule has 5 heteroatoms. The SMILES string of the molecule is NCCC(=O)NCc1cc(F)cc(Br)c1. The molecule has 0 atom stereocenters. The van der Waals surface area contributed by atoms with E-state index in [0.29, 0.717) is 23.1 Å². The predicted molar refractivity (Wildman–Crippen MR) is 59.6 cm³/mol. The second-order valence-corrected chi connectivity index (χ2v) is 4.01. The minimum Gasteiger partial charge on any atom is -0.352 e. The van der Waals surface area contributed by atoms with Gasteiger partial charge < -0.3 is 11.1 Å². The van der Waals surface area contributed by atoms with Crippen LogP contribution in [-0.2, 0) is 11.3 Å². The Hall–Kier alpha value is -0.940. The highest BCUT2D eigenvalue weighted by molar-refractivity contribution is 9.10. The number of hydrogen-bond acceptors (Lipinski definition) is 2. The van der Waals surface area contributed by atoms with Crippen molar-refractivity contribution < 1.29 is 9.18 Å². The summed E-state index contributed by atoms with van der Waals surface area (Å²) in [5, 5.41) is 2.65. The molecule has 3 N–H and O–H groups in total. The zero-order valence-electron chi connectivity index (χ0n) is 8.09. The first-order valence-corrected chi connectivity index (χ1v) is 5.33. The van der Waals surface area contributed by atoms with Gasteiger partial charge in [0.1, 0.15) is 5.82 Å². The van der Waals surface area contributed by atoms with Crippen LogP contribution >= 0.6 is 15.9 Å². The molecule has 15 heavy (non-hydrogen) atoms. The van der Waals surface area contributed by atoms with Gasteiger partial charge in [0, 0.05) is 24.0 Å².